The maximum absolute atomic E-state index is 14.6. The fraction of sp³-hybridized carbons (Fsp3) is 0.476. The Balaban J connectivity index is 0.00000341. The number of rotatable bonds is 5. The highest BCUT2D eigenvalue weighted by Gasteiger charge is 2.23. The van der Waals surface area contributed by atoms with Crippen LogP contribution in [0.2, 0.25) is 0 Å². The van der Waals surface area contributed by atoms with Crippen molar-refractivity contribution >= 4 is 36.0 Å². The lowest BCUT2D eigenvalue weighted by Gasteiger charge is -2.35. The molecule has 0 radical (unpaired) electrons. The molecule has 8 nitrogen and oxygen atoms in total. The Bertz CT molecular complexity index is 896. The number of piperazine rings is 1. The molecule has 0 saturated carbocycles. The zero-order valence-corrected chi connectivity index (χ0v) is 20.5. The Kier molecular flexibility index (Phi) is 9.53. The third kappa shape index (κ3) is 6.31. The van der Waals surface area contributed by atoms with Gasteiger partial charge in [-0.15, -0.1) is 24.0 Å². The van der Waals surface area contributed by atoms with Gasteiger partial charge in [0.25, 0.3) is 0 Å². The fourth-order valence-electron chi connectivity index (χ4n) is 3.38. The smallest absolute Gasteiger partial charge is 0.409 e. The molecule has 1 saturated heterocycles. The van der Waals surface area contributed by atoms with Crippen LogP contribution in [0.1, 0.15) is 25.2 Å². The number of hydrogen-bond acceptors (Lipinski definition) is 4. The maximum atomic E-state index is 14.6. The molecule has 0 bridgehead atoms. The molecule has 2 aromatic rings. The number of guanidine groups is 1. The number of aryl methyl sites for hydroxylation is 1. The number of aliphatic imine (C=N–C) groups is 1. The second kappa shape index (κ2) is 11.9. The first-order valence-electron chi connectivity index (χ1n) is 10.3. The van der Waals surface area contributed by atoms with E-state index >= 15 is 0 Å². The van der Waals surface area contributed by atoms with Crippen LogP contribution in [-0.2, 0) is 11.3 Å². The summed E-state index contributed by atoms with van der Waals surface area (Å²) in [5.41, 5.74) is 1.26. The second-order valence-corrected chi connectivity index (χ2v) is 6.97. The number of carbonyl (C=O) groups excluding carboxylic acids is 1. The molecule has 1 aliphatic rings. The summed E-state index contributed by atoms with van der Waals surface area (Å²) in [5.74, 6) is 1.18. The van der Waals surface area contributed by atoms with Crippen molar-refractivity contribution in [2.24, 2.45) is 4.99 Å². The van der Waals surface area contributed by atoms with Gasteiger partial charge in [0.15, 0.2) is 5.96 Å². The van der Waals surface area contributed by atoms with E-state index in [2.05, 4.69) is 20.2 Å². The van der Waals surface area contributed by atoms with Crippen molar-refractivity contribution in [1.29, 1.82) is 0 Å². The molecular formula is C21H30FIN6O2. The molecule has 1 aliphatic heterocycles. The minimum absolute atomic E-state index is 0. The molecule has 1 aromatic carbocycles. The van der Waals surface area contributed by atoms with Gasteiger partial charge in [-0.2, -0.15) is 0 Å². The Morgan fingerprint density at radius 2 is 1.94 bits per heavy atom. The summed E-state index contributed by atoms with van der Waals surface area (Å²) in [6.07, 6.45) is 3.12. The summed E-state index contributed by atoms with van der Waals surface area (Å²) in [6.45, 7) is 9.59. The predicted octanol–water partition coefficient (Wildman–Crippen LogP) is 3.18. The van der Waals surface area contributed by atoms with Gasteiger partial charge in [0, 0.05) is 45.1 Å². The van der Waals surface area contributed by atoms with Gasteiger partial charge in [-0.25, -0.2) is 19.2 Å². The van der Waals surface area contributed by atoms with E-state index in [1.165, 1.54) is 6.07 Å². The van der Waals surface area contributed by atoms with E-state index in [1.807, 2.05) is 19.9 Å². The van der Waals surface area contributed by atoms with E-state index in [9.17, 15) is 9.18 Å². The third-order valence-corrected chi connectivity index (χ3v) is 4.95. The van der Waals surface area contributed by atoms with Crippen LogP contribution < -0.4 is 5.32 Å². The first kappa shape index (κ1) is 24.9. The average Bonchev–Trinajstić information content (AvgIpc) is 3.17. The monoisotopic (exact) mass is 544 g/mol. The van der Waals surface area contributed by atoms with Gasteiger partial charge in [0.05, 0.1) is 18.8 Å². The van der Waals surface area contributed by atoms with Gasteiger partial charge in [-0.1, -0.05) is 6.07 Å². The van der Waals surface area contributed by atoms with Crippen LogP contribution in [0.25, 0.3) is 5.69 Å². The number of carbonyl (C=O) groups is 1. The molecule has 1 amide bonds. The number of halogens is 2. The Morgan fingerprint density at radius 1 is 1.23 bits per heavy atom. The highest BCUT2D eigenvalue weighted by molar-refractivity contribution is 14.0. The van der Waals surface area contributed by atoms with E-state index in [0.29, 0.717) is 45.0 Å². The number of nitrogens with one attached hydrogen (secondary N) is 1. The zero-order chi connectivity index (χ0) is 21.5. The summed E-state index contributed by atoms with van der Waals surface area (Å²) < 4.78 is 21.4. The van der Waals surface area contributed by atoms with Crippen molar-refractivity contribution in [3.05, 3.63) is 47.8 Å². The van der Waals surface area contributed by atoms with Crippen LogP contribution in [0.15, 0.2) is 35.6 Å². The van der Waals surface area contributed by atoms with Crippen molar-refractivity contribution < 1.29 is 13.9 Å². The number of aromatic nitrogens is 2. The molecule has 2 heterocycles. The Hall–Kier alpha value is -2.37. The average molecular weight is 544 g/mol. The fourth-order valence-corrected chi connectivity index (χ4v) is 3.38. The minimum atomic E-state index is -0.308. The van der Waals surface area contributed by atoms with E-state index in [0.717, 1.165) is 23.9 Å². The Morgan fingerprint density at radius 3 is 2.52 bits per heavy atom. The molecule has 10 heteroatoms. The van der Waals surface area contributed by atoms with Crippen molar-refractivity contribution in [2.75, 3.05) is 39.3 Å². The first-order valence-corrected chi connectivity index (χ1v) is 10.3. The van der Waals surface area contributed by atoms with Gasteiger partial charge >= 0.3 is 6.09 Å². The summed E-state index contributed by atoms with van der Waals surface area (Å²) in [4.78, 5) is 24.5. The number of ether oxygens (including phenoxy) is 1. The highest BCUT2D eigenvalue weighted by atomic mass is 127. The molecule has 3 rings (SSSR count). The number of nitrogens with zero attached hydrogens (tertiary/aromatic N) is 5. The van der Waals surface area contributed by atoms with Crippen LogP contribution >= 0.6 is 24.0 Å². The minimum Gasteiger partial charge on any atom is -0.450 e. The normalized spacial score (nSPS) is 14.3. The molecule has 0 atom stereocenters. The van der Waals surface area contributed by atoms with Crippen molar-refractivity contribution in [1.82, 2.24) is 24.7 Å². The lowest BCUT2D eigenvalue weighted by Crippen LogP contribution is -2.53. The first-order chi connectivity index (χ1) is 14.5. The van der Waals surface area contributed by atoms with Gasteiger partial charge < -0.3 is 24.4 Å². The molecule has 170 valence electrons. The molecule has 31 heavy (non-hydrogen) atoms. The number of amides is 1. The summed E-state index contributed by atoms with van der Waals surface area (Å²) >= 11 is 0. The van der Waals surface area contributed by atoms with Crippen LogP contribution in [0, 0.1) is 12.7 Å². The summed E-state index contributed by atoms with van der Waals surface area (Å²) in [5, 5.41) is 3.28. The van der Waals surface area contributed by atoms with Crippen LogP contribution in [0.5, 0.6) is 0 Å². The summed E-state index contributed by atoms with van der Waals surface area (Å²) in [7, 11) is 0. The van der Waals surface area contributed by atoms with Gasteiger partial charge in [0.2, 0.25) is 0 Å². The molecular weight excluding hydrogens is 514 g/mol. The zero-order valence-electron chi connectivity index (χ0n) is 18.2. The van der Waals surface area contributed by atoms with E-state index in [4.69, 9.17) is 4.74 Å². The van der Waals surface area contributed by atoms with E-state index < -0.39 is 0 Å². The standard InChI is InChI=1S/C21H29FN6O2.HI/c1-4-23-20(26-10-12-27(13-11-26)21(29)30-5-2)25-15-17-6-7-19(18(22)14-17)28-9-8-24-16(28)3;/h6-9,14H,4-5,10-13,15H2,1-3H3,(H,23,25);1H. The maximum Gasteiger partial charge on any atom is 0.409 e. The molecule has 1 aromatic heterocycles. The summed E-state index contributed by atoms with van der Waals surface area (Å²) in [6, 6.07) is 5.14. The predicted molar refractivity (Wildman–Crippen MR) is 129 cm³/mol. The SMILES string of the molecule is CCNC(=NCc1ccc(-n2ccnc2C)c(F)c1)N1CCN(C(=O)OCC)CC1.I. The molecule has 1 N–H and O–H groups in total. The van der Waals surface area contributed by atoms with E-state index in [-0.39, 0.29) is 35.9 Å². The molecule has 0 unspecified atom stereocenters. The van der Waals surface area contributed by atoms with Crippen molar-refractivity contribution in [2.45, 2.75) is 27.3 Å². The highest BCUT2D eigenvalue weighted by Crippen LogP contribution is 2.17. The lowest BCUT2D eigenvalue weighted by atomic mass is 10.2. The van der Waals surface area contributed by atoms with Crippen LogP contribution in [0.4, 0.5) is 9.18 Å². The van der Waals surface area contributed by atoms with Gasteiger partial charge in [-0.05, 0) is 38.5 Å². The van der Waals surface area contributed by atoms with Crippen molar-refractivity contribution in [3.8, 4) is 5.69 Å². The third-order valence-electron chi connectivity index (χ3n) is 4.95. The topological polar surface area (TPSA) is 75.0 Å². The largest absolute Gasteiger partial charge is 0.450 e. The van der Waals surface area contributed by atoms with Crippen LogP contribution in [-0.4, -0.2) is 70.7 Å². The van der Waals surface area contributed by atoms with Crippen molar-refractivity contribution in [3.63, 3.8) is 0 Å². The number of hydrogen-bond donors (Lipinski definition) is 1. The van der Waals surface area contributed by atoms with Gasteiger partial charge in [0.1, 0.15) is 11.6 Å². The lowest BCUT2D eigenvalue weighted by molar-refractivity contribution is 0.0914. The second-order valence-electron chi connectivity index (χ2n) is 6.97. The number of benzene rings is 1. The number of imidazole rings is 1. The molecule has 0 spiro atoms. The van der Waals surface area contributed by atoms with Crippen LogP contribution in [0.3, 0.4) is 0 Å². The van der Waals surface area contributed by atoms with E-state index in [1.54, 1.807) is 34.9 Å². The van der Waals surface area contributed by atoms with Gasteiger partial charge in [-0.3, -0.25) is 0 Å². The Labute approximate surface area is 199 Å². The quantitative estimate of drug-likeness (QED) is 0.356. The molecule has 0 aliphatic carbocycles. The molecule has 1 fully saturated rings.